The van der Waals surface area contributed by atoms with Gasteiger partial charge >= 0.3 is 0 Å². The molecule has 0 aliphatic heterocycles. The molecule has 16 heavy (non-hydrogen) atoms. The molecule has 0 spiro atoms. The number of hydrogen-bond acceptors (Lipinski definition) is 2. The van der Waals surface area contributed by atoms with Gasteiger partial charge in [-0.05, 0) is 18.2 Å². The summed E-state index contributed by atoms with van der Waals surface area (Å²) in [4.78, 5) is 17.3. The Labute approximate surface area is 90.9 Å². The van der Waals surface area contributed by atoms with Crippen molar-refractivity contribution in [3.8, 4) is 5.75 Å². The van der Waals surface area contributed by atoms with Crippen LogP contribution in [0.2, 0.25) is 0 Å². The highest BCUT2D eigenvalue weighted by atomic mass is 16.5. The highest BCUT2D eigenvalue weighted by Gasteiger charge is 2.06. The molecule has 2 N–H and O–H groups in total. The first-order valence-electron chi connectivity index (χ1n) is 4.97. The van der Waals surface area contributed by atoms with E-state index in [1.165, 1.54) is 0 Å². The van der Waals surface area contributed by atoms with Gasteiger partial charge in [0.1, 0.15) is 11.3 Å². The van der Waals surface area contributed by atoms with Gasteiger partial charge in [0, 0.05) is 23.0 Å². The molecule has 80 valence electrons. The first-order valence-corrected chi connectivity index (χ1v) is 4.97. The third kappa shape index (κ3) is 1.13. The Morgan fingerprint density at radius 1 is 1.19 bits per heavy atom. The summed E-state index contributed by atoms with van der Waals surface area (Å²) < 4.78 is 5.14. The third-order valence-electron chi connectivity index (χ3n) is 2.74. The number of methoxy groups -OCH3 is 1. The number of benzene rings is 1. The minimum absolute atomic E-state index is 0.104. The second-order valence-electron chi connectivity index (χ2n) is 3.63. The number of fused-ring (bicyclic) bond motifs is 3. The van der Waals surface area contributed by atoms with Crippen molar-refractivity contribution < 1.29 is 4.74 Å². The molecule has 0 atom stereocenters. The number of pyridine rings is 1. The summed E-state index contributed by atoms with van der Waals surface area (Å²) in [5.41, 5.74) is 1.41. The van der Waals surface area contributed by atoms with E-state index in [4.69, 9.17) is 4.74 Å². The average molecular weight is 214 g/mol. The van der Waals surface area contributed by atoms with E-state index >= 15 is 0 Å². The molecule has 0 radical (unpaired) electrons. The van der Waals surface area contributed by atoms with Gasteiger partial charge in [-0.15, -0.1) is 0 Å². The first kappa shape index (κ1) is 9.03. The molecule has 0 amide bonds. The first-order chi connectivity index (χ1) is 7.79. The molecule has 4 heteroatoms. The second-order valence-corrected chi connectivity index (χ2v) is 3.63. The van der Waals surface area contributed by atoms with Crippen molar-refractivity contribution in [1.29, 1.82) is 0 Å². The number of hydrogen-bond donors (Lipinski definition) is 2. The van der Waals surface area contributed by atoms with Crippen LogP contribution in [-0.4, -0.2) is 17.1 Å². The third-order valence-corrected chi connectivity index (χ3v) is 2.74. The van der Waals surface area contributed by atoms with Crippen molar-refractivity contribution in [3.63, 3.8) is 0 Å². The largest absolute Gasteiger partial charge is 0.497 e. The lowest BCUT2D eigenvalue weighted by molar-refractivity contribution is 0.415. The maximum absolute atomic E-state index is 11.6. The van der Waals surface area contributed by atoms with Crippen LogP contribution in [-0.2, 0) is 0 Å². The molecule has 0 saturated carbocycles. The van der Waals surface area contributed by atoms with Gasteiger partial charge in [0.05, 0.1) is 12.6 Å². The molecule has 4 nitrogen and oxygen atoms in total. The van der Waals surface area contributed by atoms with Gasteiger partial charge in [-0.2, -0.15) is 0 Å². The van der Waals surface area contributed by atoms with Crippen LogP contribution in [0.4, 0.5) is 0 Å². The lowest BCUT2D eigenvalue weighted by Crippen LogP contribution is -2.03. The number of rotatable bonds is 1. The molecule has 0 fully saturated rings. The summed E-state index contributed by atoms with van der Waals surface area (Å²) in [6, 6.07) is 7.61. The molecule has 0 saturated heterocycles. The fraction of sp³-hybridized carbons (Fsp3) is 0.0833. The summed E-state index contributed by atoms with van der Waals surface area (Å²) in [6.07, 6.45) is 1.65. The van der Waals surface area contributed by atoms with Gasteiger partial charge < -0.3 is 14.7 Å². The summed E-state index contributed by atoms with van der Waals surface area (Å²) in [6.45, 7) is 0. The highest BCUT2D eigenvalue weighted by Crippen LogP contribution is 2.26. The van der Waals surface area contributed by atoms with Crippen LogP contribution in [0.5, 0.6) is 5.75 Å². The molecule has 0 aliphatic rings. The van der Waals surface area contributed by atoms with Crippen molar-refractivity contribution in [2.24, 2.45) is 0 Å². The van der Waals surface area contributed by atoms with Crippen molar-refractivity contribution in [2.45, 2.75) is 0 Å². The van der Waals surface area contributed by atoms with E-state index in [0.29, 0.717) is 5.52 Å². The molecule has 0 unspecified atom stereocenters. The molecule has 0 aliphatic carbocycles. The molecular weight excluding hydrogens is 204 g/mol. The second kappa shape index (κ2) is 3.13. The topological polar surface area (TPSA) is 57.9 Å². The van der Waals surface area contributed by atoms with E-state index in [9.17, 15) is 4.79 Å². The predicted molar refractivity (Wildman–Crippen MR) is 63.0 cm³/mol. The van der Waals surface area contributed by atoms with Gasteiger partial charge in [-0.25, -0.2) is 0 Å². The molecule has 0 bridgehead atoms. The lowest BCUT2D eigenvalue weighted by atomic mass is 10.2. The number of aromatic amines is 2. The number of nitrogens with one attached hydrogen (secondary N) is 2. The van der Waals surface area contributed by atoms with Crippen molar-refractivity contribution in [1.82, 2.24) is 9.97 Å². The van der Waals surface area contributed by atoms with E-state index in [1.807, 2.05) is 24.3 Å². The van der Waals surface area contributed by atoms with E-state index < -0.39 is 0 Å². The van der Waals surface area contributed by atoms with Crippen LogP contribution in [0.3, 0.4) is 0 Å². The Hall–Kier alpha value is -2.23. The van der Waals surface area contributed by atoms with Gasteiger partial charge in [-0.3, -0.25) is 4.79 Å². The molecule has 2 heterocycles. The van der Waals surface area contributed by atoms with Gasteiger partial charge in [0.2, 0.25) is 0 Å². The molecule has 2 aromatic heterocycles. The zero-order chi connectivity index (χ0) is 11.1. The lowest BCUT2D eigenvalue weighted by Gasteiger charge is -1.97. The number of aromatic nitrogens is 2. The van der Waals surface area contributed by atoms with Crippen molar-refractivity contribution in [2.75, 3.05) is 7.11 Å². The van der Waals surface area contributed by atoms with E-state index in [-0.39, 0.29) is 5.56 Å². The fourth-order valence-electron chi connectivity index (χ4n) is 1.95. The molecular formula is C12H10N2O2. The van der Waals surface area contributed by atoms with E-state index in [0.717, 1.165) is 22.0 Å². The quantitative estimate of drug-likeness (QED) is 0.651. The van der Waals surface area contributed by atoms with Crippen LogP contribution < -0.4 is 10.3 Å². The summed E-state index contributed by atoms with van der Waals surface area (Å²) in [5.74, 6) is 0.774. The highest BCUT2D eigenvalue weighted by molar-refractivity contribution is 6.07. The van der Waals surface area contributed by atoms with Crippen molar-refractivity contribution in [3.05, 3.63) is 40.8 Å². The predicted octanol–water partition coefficient (Wildman–Crippen LogP) is 2.02. The molecule has 1 aromatic carbocycles. The Bertz CT molecular complexity index is 725. The zero-order valence-electron chi connectivity index (χ0n) is 8.70. The van der Waals surface area contributed by atoms with Gasteiger partial charge in [-0.1, -0.05) is 0 Å². The monoisotopic (exact) mass is 214 g/mol. The molecule has 3 aromatic rings. The maximum Gasteiger partial charge on any atom is 0.272 e. The SMILES string of the molecule is COc1ccc2c(c1)[nH]c1c(=O)[nH]ccc12. The molecule has 3 rings (SSSR count). The van der Waals surface area contributed by atoms with Gasteiger partial charge in [0.25, 0.3) is 5.56 Å². The Balaban J connectivity index is 2.50. The van der Waals surface area contributed by atoms with Crippen LogP contribution in [0.25, 0.3) is 21.8 Å². The van der Waals surface area contributed by atoms with Crippen LogP contribution in [0.15, 0.2) is 35.3 Å². The number of H-pyrrole nitrogens is 2. The minimum Gasteiger partial charge on any atom is -0.497 e. The number of ether oxygens (including phenoxy) is 1. The zero-order valence-corrected chi connectivity index (χ0v) is 8.70. The minimum atomic E-state index is -0.104. The summed E-state index contributed by atoms with van der Waals surface area (Å²) >= 11 is 0. The average Bonchev–Trinajstić information content (AvgIpc) is 2.68. The maximum atomic E-state index is 11.6. The van der Waals surface area contributed by atoms with Crippen LogP contribution in [0.1, 0.15) is 0 Å². The Morgan fingerprint density at radius 2 is 2.06 bits per heavy atom. The van der Waals surface area contributed by atoms with E-state index in [1.54, 1.807) is 13.3 Å². The van der Waals surface area contributed by atoms with E-state index in [2.05, 4.69) is 9.97 Å². The normalized spacial score (nSPS) is 11.1. The van der Waals surface area contributed by atoms with Gasteiger partial charge in [0.15, 0.2) is 0 Å². The van der Waals surface area contributed by atoms with Crippen LogP contribution >= 0.6 is 0 Å². The Kier molecular flexibility index (Phi) is 1.77. The summed E-state index contributed by atoms with van der Waals surface area (Å²) in [5, 5.41) is 1.96. The smallest absolute Gasteiger partial charge is 0.272 e. The summed E-state index contributed by atoms with van der Waals surface area (Å²) in [7, 11) is 1.62. The van der Waals surface area contributed by atoms with Crippen LogP contribution in [0, 0.1) is 0 Å². The standard InChI is InChI=1S/C12H10N2O2/c1-16-7-2-3-8-9-4-5-13-12(15)11(9)14-10(8)6-7/h2-6,14H,1H3,(H,13,15). The van der Waals surface area contributed by atoms with Crippen molar-refractivity contribution >= 4 is 21.8 Å². The fourth-order valence-corrected chi connectivity index (χ4v) is 1.95. The Morgan fingerprint density at radius 3 is 2.88 bits per heavy atom.